The minimum Gasteiger partial charge on any atom is -0.322 e. The van der Waals surface area contributed by atoms with Crippen LogP contribution in [0.1, 0.15) is 54.9 Å². The minimum absolute atomic E-state index is 0.101. The zero-order valence-electron chi connectivity index (χ0n) is 16.7. The summed E-state index contributed by atoms with van der Waals surface area (Å²) in [5.41, 5.74) is 2.02. The molecule has 1 aliphatic heterocycles. The van der Waals surface area contributed by atoms with Crippen molar-refractivity contribution in [2.24, 2.45) is 0 Å². The molecule has 3 rings (SSSR count). The van der Waals surface area contributed by atoms with Gasteiger partial charge in [-0.1, -0.05) is 43.5 Å². The Hall–Kier alpha value is -1.89. The molecule has 0 spiro atoms. The van der Waals surface area contributed by atoms with Crippen LogP contribution in [0.15, 0.2) is 47.4 Å². The van der Waals surface area contributed by atoms with E-state index in [1.54, 1.807) is 0 Å². The van der Waals surface area contributed by atoms with Crippen molar-refractivity contribution in [3.63, 3.8) is 0 Å². The molecule has 0 aliphatic carbocycles. The summed E-state index contributed by atoms with van der Waals surface area (Å²) in [6.45, 7) is 3.17. The normalized spacial score (nSPS) is 15.2. The molecule has 2 aromatic carbocycles. The highest BCUT2D eigenvalue weighted by Gasteiger charge is 2.27. The SMILES string of the molecule is CCCCc1ccc(NC(=O)c2cc(S(=O)(=O)N3CCCCC3)ccc2Cl)cc1. The van der Waals surface area contributed by atoms with E-state index in [1.165, 1.54) is 28.1 Å². The molecule has 156 valence electrons. The molecule has 1 saturated heterocycles. The van der Waals surface area contributed by atoms with Gasteiger partial charge in [-0.15, -0.1) is 0 Å². The van der Waals surface area contributed by atoms with Crippen molar-refractivity contribution in [3.8, 4) is 0 Å². The number of benzene rings is 2. The Balaban J connectivity index is 1.77. The monoisotopic (exact) mass is 434 g/mol. The summed E-state index contributed by atoms with van der Waals surface area (Å²) in [7, 11) is -3.63. The number of halogens is 1. The maximum atomic E-state index is 12.9. The van der Waals surface area contributed by atoms with E-state index in [9.17, 15) is 13.2 Å². The van der Waals surface area contributed by atoms with Crippen LogP contribution < -0.4 is 5.32 Å². The molecular weight excluding hydrogens is 408 g/mol. The lowest BCUT2D eigenvalue weighted by atomic mass is 10.1. The van der Waals surface area contributed by atoms with Gasteiger partial charge in [-0.3, -0.25) is 4.79 Å². The summed E-state index contributed by atoms with van der Waals surface area (Å²) in [6.07, 6.45) is 6.01. The van der Waals surface area contributed by atoms with Crippen LogP contribution in [0.2, 0.25) is 5.02 Å². The topological polar surface area (TPSA) is 66.5 Å². The summed E-state index contributed by atoms with van der Waals surface area (Å²) in [4.78, 5) is 12.8. The number of carbonyl (C=O) groups is 1. The van der Waals surface area contributed by atoms with E-state index in [0.29, 0.717) is 18.8 Å². The predicted octanol–water partition coefficient (Wildman–Crippen LogP) is 5.11. The van der Waals surface area contributed by atoms with E-state index < -0.39 is 15.9 Å². The van der Waals surface area contributed by atoms with Gasteiger partial charge in [0.05, 0.1) is 15.5 Å². The number of anilines is 1. The van der Waals surface area contributed by atoms with Crippen LogP contribution >= 0.6 is 11.6 Å². The standard InChI is InChI=1S/C22H27ClN2O3S/c1-2-3-7-17-8-10-18(11-9-17)24-22(26)20-16-19(12-13-21(20)23)29(27,28)25-14-5-4-6-15-25/h8-13,16H,2-7,14-15H2,1H3,(H,24,26). The van der Waals surface area contributed by atoms with E-state index in [2.05, 4.69) is 12.2 Å². The van der Waals surface area contributed by atoms with Gasteiger partial charge in [0.15, 0.2) is 0 Å². The zero-order valence-corrected chi connectivity index (χ0v) is 18.2. The first-order valence-electron chi connectivity index (χ1n) is 10.1. The number of sulfonamides is 1. The molecule has 0 aromatic heterocycles. The third kappa shape index (κ3) is 5.38. The lowest BCUT2D eigenvalue weighted by molar-refractivity contribution is 0.102. The summed E-state index contributed by atoms with van der Waals surface area (Å²) >= 11 is 6.21. The number of unbranched alkanes of at least 4 members (excludes halogenated alkanes) is 1. The number of aryl methyl sites for hydroxylation is 1. The number of nitrogens with zero attached hydrogens (tertiary/aromatic N) is 1. The van der Waals surface area contributed by atoms with E-state index >= 15 is 0 Å². The van der Waals surface area contributed by atoms with Crippen molar-refractivity contribution in [2.75, 3.05) is 18.4 Å². The van der Waals surface area contributed by atoms with Crippen LogP contribution in [0.25, 0.3) is 0 Å². The Kier molecular flexibility index (Phi) is 7.33. The maximum absolute atomic E-state index is 12.9. The van der Waals surface area contributed by atoms with Crippen LogP contribution in [0.4, 0.5) is 5.69 Å². The molecule has 0 saturated carbocycles. The fourth-order valence-corrected chi connectivity index (χ4v) is 5.17. The van der Waals surface area contributed by atoms with Crippen molar-refractivity contribution in [3.05, 3.63) is 58.6 Å². The summed E-state index contributed by atoms with van der Waals surface area (Å²) < 4.78 is 27.3. The van der Waals surface area contributed by atoms with Gasteiger partial charge in [0.25, 0.3) is 5.91 Å². The number of piperidine rings is 1. The minimum atomic E-state index is -3.63. The van der Waals surface area contributed by atoms with E-state index in [-0.39, 0.29) is 15.5 Å². The first-order valence-corrected chi connectivity index (χ1v) is 11.9. The first kappa shape index (κ1) is 21.8. The number of hydrogen-bond donors (Lipinski definition) is 1. The average Bonchev–Trinajstić information content (AvgIpc) is 2.74. The van der Waals surface area contributed by atoms with Crippen LogP contribution in [0.5, 0.6) is 0 Å². The number of amides is 1. The highest BCUT2D eigenvalue weighted by Crippen LogP contribution is 2.26. The lowest BCUT2D eigenvalue weighted by Crippen LogP contribution is -2.35. The molecule has 29 heavy (non-hydrogen) atoms. The van der Waals surface area contributed by atoms with Gasteiger partial charge in [0.1, 0.15) is 0 Å². The Morgan fingerprint density at radius 1 is 1.07 bits per heavy atom. The molecule has 2 aromatic rings. The van der Waals surface area contributed by atoms with E-state index in [4.69, 9.17) is 11.6 Å². The molecule has 0 radical (unpaired) electrons. The smallest absolute Gasteiger partial charge is 0.257 e. The first-order chi connectivity index (χ1) is 13.9. The molecule has 1 aliphatic rings. The molecule has 1 N–H and O–H groups in total. The quantitative estimate of drug-likeness (QED) is 0.658. The highest BCUT2D eigenvalue weighted by molar-refractivity contribution is 7.89. The Morgan fingerprint density at radius 3 is 2.41 bits per heavy atom. The summed E-state index contributed by atoms with van der Waals surface area (Å²) in [6, 6.07) is 12.0. The molecule has 1 heterocycles. The fourth-order valence-electron chi connectivity index (χ4n) is 3.43. The average molecular weight is 435 g/mol. The maximum Gasteiger partial charge on any atom is 0.257 e. The van der Waals surface area contributed by atoms with Gasteiger partial charge in [-0.25, -0.2) is 8.42 Å². The zero-order chi connectivity index (χ0) is 20.9. The van der Waals surface area contributed by atoms with Crippen molar-refractivity contribution < 1.29 is 13.2 Å². The summed E-state index contributed by atoms with van der Waals surface area (Å²) in [5, 5.41) is 3.03. The van der Waals surface area contributed by atoms with E-state index in [0.717, 1.165) is 38.5 Å². The van der Waals surface area contributed by atoms with Crippen LogP contribution in [-0.2, 0) is 16.4 Å². The van der Waals surface area contributed by atoms with Crippen molar-refractivity contribution >= 4 is 33.2 Å². The second-order valence-corrected chi connectivity index (χ2v) is 9.71. The fraction of sp³-hybridized carbons (Fsp3) is 0.409. The predicted molar refractivity (Wildman–Crippen MR) is 117 cm³/mol. The van der Waals surface area contributed by atoms with Gasteiger partial charge in [-0.05, 0) is 61.6 Å². The molecule has 1 fully saturated rings. The summed E-state index contributed by atoms with van der Waals surface area (Å²) in [5.74, 6) is -0.424. The molecule has 1 amide bonds. The molecule has 0 unspecified atom stereocenters. The third-order valence-corrected chi connectivity index (χ3v) is 7.39. The molecule has 7 heteroatoms. The molecule has 0 atom stereocenters. The van der Waals surface area contributed by atoms with Gasteiger partial charge in [0, 0.05) is 18.8 Å². The lowest BCUT2D eigenvalue weighted by Gasteiger charge is -2.26. The van der Waals surface area contributed by atoms with Gasteiger partial charge in [0.2, 0.25) is 10.0 Å². The third-order valence-electron chi connectivity index (χ3n) is 5.17. The molecule has 0 bridgehead atoms. The van der Waals surface area contributed by atoms with Gasteiger partial charge in [-0.2, -0.15) is 4.31 Å². The van der Waals surface area contributed by atoms with Crippen LogP contribution in [0, 0.1) is 0 Å². The van der Waals surface area contributed by atoms with Gasteiger partial charge < -0.3 is 5.32 Å². The Bertz CT molecular complexity index is 953. The van der Waals surface area contributed by atoms with Crippen molar-refractivity contribution in [1.82, 2.24) is 4.31 Å². The number of rotatable bonds is 7. The largest absolute Gasteiger partial charge is 0.322 e. The second-order valence-electron chi connectivity index (χ2n) is 7.36. The number of nitrogens with one attached hydrogen (secondary N) is 1. The van der Waals surface area contributed by atoms with Gasteiger partial charge >= 0.3 is 0 Å². The van der Waals surface area contributed by atoms with Crippen LogP contribution in [0.3, 0.4) is 0 Å². The number of carbonyl (C=O) groups excluding carboxylic acids is 1. The van der Waals surface area contributed by atoms with Crippen molar-refractivity contribution in [2.45, 2.75) is 50.3 Å². The van der Waals surface area contributed by atoms with Crippen molar-refractivity contribution in [1.29, 1.82) is 0 Å². The van der Waals surface area contributed by atoms with E-state index in [1.807, 2.05) is 24.3 Å². The molecular formula is C22H27ClN2O3S. The second kappa shape index (κ2) is 9.74. The van der Waals surface area contributed by atoms with Crippen LogP contribution in [-0.4, -0.2) is 31.7 Å². The number of hydrogen-bond acceptors (Lipinski definition) is 3. The Labute approximate surface area is 178 Å². The molecule has 5 nitrogen and oxygen atoms in total. The Morgan fingerprint density at radius 2 is 1.76 bits per heavy atom. The highest BCUT2D eigenvalue weighted by atomic mass is 35.5.